The van der Waals surface area contributed by atoms with E-state index in [1.807, 2.05) is 0 Å². The molecule has 0 amide bonds. The minimum atomic E-state index is -6.09. The molecule has 0 aromatic heterocycles. The summed E-state index contributed by atoms with van der Waals surface area (Å²) in [5.74, 6) is 1.61. The summed E-state index contributed by atoms with van der Waals surface area (Å²) in [4.78, 5) is 2.59. The molecule has 20 heavy (non-hydrogen) atoms. The van der Waals surface area contributed by atoms with E-state index in [0.29, 0.717) is 0 Å². The molecule has 2 heterocycles. The van der Waals surface area contributed by atoms with Gasteiger partial charge in [0.15, 0.2) is 10.1 Å². The zero-order valence-electron chi connectivity index (χ0n) is 11.3. The highest BCUT2D eigenvalue weighted by Crippen LogP contribution is 2.20. The molecular formula is C11H19F3N2O3S. The van der Waals surface area contributed by atoms with Crippen molar-refractivity contribution < 1.29 is 30.7 Å². The van der Waals surface area contributed by atoms with Crippen molar-refractivity contribution in [2.45, 2.75) is 37.6 Å². The van der Waals surface area contributed by atoms with Crippen LogP contribution in [-0.4, -0.2) is 60.5 Å². The van der Waals surface area contributed by atoms with Gasteiger partial charge in [-0.1, -0.05) is 0 Å². The summed E-state index contributed by atoms with van der Waals surface area (Å²) >= 11 is 0. The molecule has 0 saturated carbocycles. The number of hydrogen-bond donors (Lipinski definition) is 0. The Morgan fingerprint density at radius 2 is 1.70 bits per heavy atom. The SMILES string of the molecule is C[N+]1=C2CCCCCN2CCC1.O=S(=O)([O-])C(F)(F)F. The average Bonchev–Trinajstić information content (AvgIpc) is 2.53. The molecule has 0 bridgehead atoms. The van der Waals surface area contributed by atoms with Crippen molar-refractivity contribution in [3.05, 3.63) is 0 Å². The molecule has 0 radical (unpaired) electrons. The highest BCUT2D eigenvalue weighted by molar-refractivity contribution is 7.86. The molecular weight excluding hydrogens is 297 g/mol. The van der Waals surface area contributed by atoms with Crippen LogP contribution < -0.4 is 0 Å². The number of fused-ring (bicyclic) bond motifs is 1. The van der Waals surface area contributed by atoms with Crippen molar-refractivity contribution in [2.75, 3.05) is 26.7 Å². The molecule has 9 heteroatoms. The van der Waals surface area contributed by atoms with Gasteiger partial charge in [-0.25, -0.2) is 8.42 Å². The summed E-state index contributed by atoms with van der Waals surface area (Å²) < 4.78 is 61.4. The molecule has 0 spiro atoms. The Bertz CT molecular complexity index is 460. The second kappa shape index (κ2) is 6.75. The van der Waals surface area contributed by atoms with E-state index in [-0.39, 0.29) is 0 Å². The van der Waals surface area contributed by atoms with E-state index >= 15 is 0 Å². The predicted octanol–water partition coefficient (Wildman–Crippen LogP) is 1.36. The van der Waals surface area contributed by atoms with Crippen molar-refractivity contribution in [3.63, 3.8) is 0 Å². The summed E-state index contributed by atoms with van der Waals surface area (Å²) in [6, 6.07) is 0. The lowest BCUT2D eigenvalue weighted by Crippen LogP contribution is -2.42. The van der Waals surface area contributed by atoms with Gasteiger partial charge in [-0.2, -0.15) is 13.2 Å². The van der Waals surface area contributed by atoms with Crippen LogP contribution in [0.1, 0.15) is 32.1 Å². The van der Waals surface area contributed by atoms with Crippen molar-refractivity contribution in [3.8, 4) is 0 Å². The molecule has 2 rings (SSSR count). The average molecular weight is 316 g/mol. The Morgan fingerprint density at radius 1 is 1.15 bits per heavy atom. The van der Waals surface area contributed by atoms with Gasteiger partial charge in [0.2, 0.25) is 5.84 Å². The van der Waals surface area contributed by atoms with E-state index in [0.717, 1.165) is 0 Å². The van der Waals surface area contributed by atoms with Crippen LogP contribution in [-0.2, 0) is 10.1 Å². The van der Waals surface area contributed by atoms with Crippen LogP contribution in [0.4, 0.5) is 13.2 Å². The molecule has 0 atom stereocenters. The second-order valence-electron chi connectivity index (χ2n) is 4.89. The van der Waals surface area contributed by atoms with Gasteiger partial charge in [0.05, 0.1) is 26.7 Å². The van der Waals surface area contributed by atoms with E-state index in [9.17, 15) is 13.2 Å². The van der Waals surface area contributed by atoms with Gasteiger partial charge in [-0.3, -0.25) is 9.48 Å². The quantitative estimate of drug-likeness (QED) is 0.384. The van der Waals surface area contributed by atoms with Crippen molar-refractivity contribution in [2.24, 2.45) is 0 Å². The van der Waals surface area contributed by atoms with E-state index in [1.54, 1.807) is 5.84 Å². The number of nitrogens with zero attached hydrogens (tertiary/aromatic N) is 2. The number of hydrogen-bond acceptors (Lipinski definition) is 4. The molecule has 5 nitrogen and oxygen atoms in total. The number of amidine groups is 1. The topological polar surface area (TPSA) is 63.5 Å². The first-order valence-corrected chi connectivity index (χ1v) is 7.88. The largest absolute Gasteiger partial charge is 0.741 e. The van der Waals surface area contributed by atoms with Gasteiger partial charge in [-0.15, -0.1) is 0 Å². The number of rotatable bonds is 0. The van der Waals surface area contributed by atoms with Gasteiger partial charge in [0.1, 0.15) is 0 Å². The first kappa shape index (κ1) is 17.2. The Labute approximate surface area is 116 Å². The van der Waals surface area contributed by atoms with Crippen molar-refractivity contribution in [1.29, 1.82) is 0 Å². The monoisotopic (exact) mass is 316 g/mol. The summed E-state index contributed by atoms with van der Waals surface area (Å²) in [5, 5.41) is 0. The first-order valence-electron chi connectivity index (χ1n) is 6.47. The molecule has 0 N–H and O–H groups in total. The van der Waals surface area contributed by atoms with Crippen molar-refractivity contribution in [1.82, 2.24) is 4.90 Å². The number of halogens is 3. The molecule has 0 aliphatic carbocycles. The lowest BCUT2D eigenvalue weighted by molar-refractivity contribution is -0.510. The van der Waals surface area contributed by atoms with Crippen LogP contribution in [0.5, 0.6) is 0 Å². The van der Waals surface area contributed by atoms with Crippen LogP contribution in [0.25, 0.3) is 0 Å². The van der Waals surface area contributed by atoms with Crippen molar-refractivity contribution >= 4 is 16.0 Å². The van der Waals surface area contributed by atoms with E-state index < -0.39 is 15.6 Å². The smallest absolute Gasteiger partial charge is 0.485 e. The fourth-order valence-corrected chi connectivity index (χ4v) is 2.35. The third kappa shape index (κ3) is 4.93. The minimum Gasteiger partial charge on any atom is -0.741 e. The fraction of sp³-hybridized carbons (Fsp3) is 0.909. The molecule has 1 fully saturated rings. The van der Waals surface area contributed by atoms with Crippen LogP contribution in [0, 0.1) is 0 Å². The second-order valence-corrected chi connectivity index (χ2v) is 6.26. The van der Waals surface area contributed by atoms with Gasteiger partial charge in [-0.05, 0) is 19.3 Å². The van der Waals surface area contributed by atoms with Gasteiger partial charge >= 0.3 is 5.51 Å². The predicted molar refractivity (Wildman–Crippen MR) is 66.5 cm³/mol. The Morgan fingerprint density at radius 3 is 2.25 bits per heavy atom. The van der Waals surface area contributed by atoms with Crippen LogP contribution in [0.15, 0.2) is 0 Å². The van der Waals surface area contributed by atoms with Gasteiger partial charge in [0.25, 0.3) is 0 Å². The Balaban J connectivity index is 0.000000221. The minimum absolute atomic E-state index is 1.27. The standard InChI is InChI=1S/C10H19N2.CHF3O3S/c1-11-7-5-9-12-8-4-2-3-6-10(11)12;2-1(3,4)8(5,6)7/h2-9H2,1H3;(H,5,6,7)/q+1;/p-1. The lowest BCUT2D eigenvalue weighted by Gasteiger charge is -2.23. The lowest BCUT2D eigenvalue weighted by atomic mass is 10.2. The zero-order chi connectivity index (χ0) is 15.4. The highest BCUT2D eigenvalue weighted by Gasteiger charge is 2.36. The molecule has 0 aromatic rings. The highest BCUT2D eigenvalue weighted by atomic mass is 32.2. The fourth-order valence-electron chi connectivity index (χ4n) is 2.35. The van der Waals surface area contributed by atoms with Crippen LogP contribution in [0.2, 0.25) is 0 Å². The molecule has 118 valence electrons. The van der Waals surface area contributed by atoms with E-state index in [1.165, 1.54) is 51.7 Å². The Hall–Kier alpha value is -0.830. The van der Waals surface area contributed by atoms with Gasteiger partial charge < -0.3 is 4.55 Å². The van der Waals surface area contributed by atoms with Gasteiger partial charge in [0, 0.05) is 12.8 Å². The number of alkyl halides is 3. The summed E-state index contributed by atoms with van der Waals surface area (Å²) in [5.41, 5.74) is -5.65. The van der Waals surface area contributed by atoms with Crippen LogP contribution in [0.3, 0.4) is 0 Å². The van der Waals surface area contributed by atoms with E-state index in [2.05, 4.69) is 16.5 Å². The molecule has 1 saturated heterocycles. The molecule has 0 unspecified atom stereocenters. The summed E-state index contributed by atoms with van der Waals surface area (Å²) in [6.07, 6.45) is 6.89. The normalized spacial score (nSPS) is 20.8. The third-order valence-corrected chi connectivity index (χ3v) is 3.91. The summed E-state index contributed by atoms with van der Waals surface area (Å²) in [6.45, 7) is 3.88. The maximum Gasteiger partial charge on any atom is 0.485 e. The maximum absolute atomic E-state index is 10.7. The molecule has 2 aliphatic rings. The Kier molecular flexibility index (Phi) is 5.81. The molecule has 0 aromatic carbocycles. The molecule has 2 aliphatic heterocycles. The first-order chi connectivity index (χ1) is 9.13. The van der Waals surface area contributed by atoms with E-state index in [4.69, 9.17) is 13.0 Å². The maximum atomic E-state index is 10.7. The van der Waals surface area contributed by atoms with Crippen LogP contribution >= 0.6 is 0 Å². The summed E-state index contributed by atoms with van der Waals surface area (Å²) in [7, 11) is -3.85. The third-order valence-electron chi connectivity index (χ3n) is 3.34. The zero-order valence-corrected chi connectivity index (χ0v) is 12.1.